The van der Waals surface area contributed by atoms with Gasteiger partial charge in [-0.15, -0.1) is 0 Å². The Labute approximate surface area is 114 Å². The van der Waals surface area contributed by atoms with Crippen molar-refractivity contribution >= 4 is 0 Å². The van der Waals surface area contributed by atoms with Crippen molar-refractivity contribution in [3.63, 3.8) is 0 Å². The van der Waals surface area contributed by atoms with Gasteiger partial charge in [-0.1, -0.05) is 60.5 Å². The molecule has 2 aromatic carbocycles. The molecule has 1 heteroatoms. The van der Waals surface area contributed by atoms with E-state index in [0.29, 0.717) is 0 Å². The third kappa shape index (κ3) is 2.57. The van der Waals surface area contributed by atoms with Crippen LogP contribution in [0, 0.1) is 6.92 Å². The van der Waals surface area contributed by atoms with Crippen molar-refractivity contribution < 1.29 is 5.11 Å². The van der Waals surface area contributed by atoms with Crippen LogP contribution < -0.4 is 0 Å². The first-order valence-electron chi connectivity index (χ1n) is 7.08. The number of hydrogen-bond donors (Lipinski definition) is 1. The van der Waals surface area contributed by atoms with Crippen LogP contribution in [0.1, 0.15) is 53.5 Å². The molecule has 0 saturated heterocycles. The van der Waals surface area contributed by atoms with Gasteiger partial charge in [0.2, 0.25) is 0 Å². The molecule has 1 atom stereocenters. The minimum atomic E-state index is -0.518. The van der Waals surface area contributed by atoms with E-state index in [-0.39, 0.29) is 0 Å². The monoisotopic (exact) mass is 252 g/mol. The molecule has 1 nitrogen and oxygen atoms in total. The summed E-state index contributed by atoms with van der Waals surface area (Å²) in [6.07, 6.45) is 3.48. The molecule has 98 valence electrons. The molecule has 0 amide bonds. The summed E-state index contributed by atoms with van der Waals surface area (Å²) in [6.45, 7) is 2.05. The standard InChI is InChI=1S/C18H20O/c1-13-4-2-7-17(12-13)18(19)16-10-8-15(9-11-16)14-5-3-6-14/h2,4,7-12,14,18-19H,3,5-6H2,1H3. The Morgan fingerprint density at radius 3 is 2.32 bits per heavy atom. The number of hydrogen-bond acceptors (Lipinski definition) is 1. The summed E-state index contributed by atoms with van der Waals surface area (Å²) in [5, 5.41) is 10.4. The second-order valence-electron chi connectivity index (χ2n) is 5.61. The Morgan fingerprint density at radius 2 is 1.74 bits per heavy atom. The maximum Gasteiger partial charge on any atom is 0.104 e. The van der Waals surface area contributed by atoms with Gasteiger partial charge in [0.1, 0.15) is 6.10 Å². The summed E-state index contributed by atoms with van der Waals surface area (Å²) in [6, 6.07) is 16.6. The van der Waals surface area contributed by atoms with Crippen LogP contribution >= 0.6 is 0 Å². The van der Waals surface area contributed by atoms with E-state index in [0.717, 1.165) is 17.0 Å². The minimum absolute atomic E-state index is 0.518. The molecule has 1 N–H and O–H groups in total. The fourth-order valence-electron chi connectivity index (χ4n) is 2.72. The molecule has 1 aliphatic carbocycles. The highest BCUT2D eigenvalue weighted by Gasteiger charge is 2.19. The Bertz CT molecular complexity index is 552. The molecule has 3 rings (SSSR count). The van der Waals surface area contributed by atoms with Gasteiger partial charge in [-0.2, -0.15) is 0 Å². The Morgan fingerprint density at radius 1 is 1.00 bits per heavy atom. The van der Waals surface area contributed by atoms with Crippen molar-refractivity contribution in [1.82, 2.24) is 0 Å². The molecule has 0 spiro atoms. The van der Waals surface area contributed by atoms with Crippen molar-refractivity contribution in [2.75, 3.05) is 0 Å². The number of aliphatic hydroxyl groups is 1. The Balaban J connectivity index is 1.81. The van der Waals surface area contributed by atoms with Gasteiger partial charge in [0.15, 0.2) is 0 Å². The van der Waals surface area contributed by atoms with Gasteiger partial charge in [0.05, 0.1) is 0 Å². The maximum absolute atomic E-state index is 10.4. The van der Waals surface area contributed by atoms with E-state index in [1.54, 1.807) is 0 Å². The lowest BCUT2D eigenvalue weighted by Gasteiger charge is -2.26. The maximum atomic E-state index is 10.4. The van der Waals surface area contributed by atoms with E-state index < -0.39 is 6.10 Å². The van der Waals surface area contributed by atoms with Gasteiger partial charge in [0, 0.05) is 0 Å². The summed E-state index contributed by atoms with van der Waals surface area (Å²) >= 11 is 0. The van der Waals surface area contributed by atoms with Gasteiger partial charge in [-0.25, -0.2) is 0 Å². The molecule has 1 fully saturated rings. The molecule has 1 aliphatic rings. The molecule has 0 heterocycles. The van der Waals surface area contributed by atoms with Crippen LogP contribution in [0.5, 0.6) is 0 Å². The molecule has 19 heavy (non-hydrogen) atoms. The summed E-state index contributed by atoms with van der Waals surface area (Å²) in [4.78, 5) is 0. The van der Waals surface area contributed by atoms with Crippen LogP contribution in [0.2, 0.25) is 0 Å². The average molecular weight is 252 g/mol. The lowest BCUT2D eigenvalue weighted by Crippen LogP contribution is -2.09. The first-order valence-corrected chi connectivity index (χ1v) is 7.08. The predicted octanol–water partition coefficient (Wildman–Crippen LogP) is 4.34. The van der Waals surface area contributed by atoms with E-state index in [1.807, 2.05) is 18.2 Å². The van der Waals surface area contributed by atoms with E-state index >= 15 is 0 Å². The molecule has 0 bridgehead atoms. The smallest absolute Gasteiger partial charge is 0.104 e. The van der Waals surface area contributed by atoms with Crippen LogP contribution in [0.15, 0.2) is 48.5 Å². The van der Waals surface area contributed by atoms with Crippen molar-refractivity contribution in [2.24, 2.45) is 0 Å². The zero-order valence-electron chi connectivity index (χ0n) is 11.3. The molecule has 2 aromatic rings. The first kappa shape index (κ1) is 12.4. The fraction of sp³-hybridized carbons (Fsp3) is 0.333. The third-order valence-electron chi connectivity index (χ3n) is 4.19. The van der Waals surface area contributed by atoms with Crippen molar-refractivity contribution in [3.8, 4) is 0 Å². The van der Waals surface area contributed by atoms with Crippen LogP contribution in [-0.2, 0) is 0 Å². The fourth-order valence-corrected chi connectivity index (χ4v) is 2.72. The van der Waals surface area contributed by atoms with Gasteiger partial charge >= 0.3 is 0 Å². The SMILES string of the molecule is Cc1cccc(C(O)c2ccc(C3CCC3)cc2)c1. The Kier molecular flexibility index (Phi) is 3.39. The second kappa shape index (κ2) is 5.18. The van der Waals surface area contributed by atoms with E-state index in [4.69, 9.17) is 0 Å². The van der Waals surface area contributed by atoms with Gasteiger partial charge in [-0.05, 0) is 42.4 Å². The van der Waals surface area contributed by atoms with Crippen LogP contribution in [0.3, 0.4) is 0 Å². The molecule has 1 saturated carbocycles. The number of rotatable bonds is 3. The zero-order chi connectivity index (χ0) is 13.2. The van der Waals surface area contributed by atoms with E-state index in [2.05, 4.69) is 37.3 Å². The van der Waals surface area contributed by atoms with Gasteiger partial charge < -0.3 is 5.11 Å². The largest absolute Gasteiger partial charge is 0.384 e. The van der Waals surface area contributed by atoms with Crippen LogP contribution in [0.25, 0.3) is 0 Å². The number of benzene rings is 2. The molecule has 0 aliphatic heterocycles. The molecular weight excluding hydrogens is 232 g/mol. The molecule has 0 radical (unpaired) electrons. The minimum Gasteiger partial charge on any atom is -0.384 e. The topological polar surface area (TPSA) is 20.2 Å². The highest BCUT2D eigenvalue weighted by atomic mass is 16.3. The summed E-state index contributed by atoms with van der Waals surface area (Å²) in [5.41, 5.74) is 4.55. The zero-order valence-corrected chi connectivity index (χ0v) is 11.3. The van der Waals surface area contributed by atoms with Crippen molar-refractivity contribution in [2.45, 2.75) is 38.2 Å². The van der Waals surface area contributed by atoms with Crippen LogP contribution in [0.4, 0.5) is 0 Å². The van der Waals surface area contributed by atoms with Crippen LogP contribution in [-0.4, -0.2) is 5.11 Å². The second-order valence-corrected chi connectivity index (χ2v) is 5.61. The highest BCUT2D eigenvalue weighted by Crippen LogP contribution is 2.36. The first-order chi connectivity index (χ1) is 9.24. The quantitative estimate of drug-likeness (QED) is 0.861. The van der Waals surface area contributed by atoms with E-state index in [9.17, 15) is 5.11 Å². The average Bonchev–Trinajstić information content (AvgIpc) is 2.37. The predicted molar refractivity (Wildman–Crippen MR) is 78.3 cm³/mol. The molecular formula is C18H20O. The lowest BCUT2D eigenvalue weighted by molar-refractivity contribution is 0.220. The summed E-state index contributed by atoms with van der Waals surface area (Å²) in [5.74, 6) is 0.755. The number of aliphatic hydroxyl groups excluding tert-OH is 1. The summed E-state index contributed by atoms with van der Waals surface area (Å²) in [7, 11) is 0. The Hall–Kier alpha value is -1.60. The van der Waals surface area contributed by atoms with E-state index in [1.165, 1.54) is 30.4 Å². The van der Waals surface area contributed by atoms with Crippen molar-refractivity contribution in [1.29, 1.82) is 0 Å². The van der Waals surface area contributed by atoms with Gasteiger partial charge in [0.25, 0.3) is 0 Å². The van der Waals surface area contributed by atoms with Gasteiger partial charge in [-0.3, -0.25) is 0 Å². The van der Waals surface area contributed by atoms with Crippen molar-refractivity contribution in [3.05, 3.63) is 70.8 Å². The lowest BCUT2D eigenvalue weighted by atomic mass is 9.80. The highest BCUT2D eigenvalue weighted by molar-refractivity contribution is 5.34. The molecule has 1 unspecified atom stereocenters. The summed E-state index contributed by atoms with van der Waals surface area (Å²) < 4.78 is 0. The molecule has 0 aromatic heterocycles. The normalized spacial score (nSPS) is 16.9. The third-order valence-corrected chi connectivity index (χ3v) is 4.19. The number of aryl methyl sites for hydroxylation is 1.